The lowest BCUT2D eigenvalue weighted by Crippen LogP contribution is -2.18. The fourth-order valence-corrected chi connectivity index (χ4v) is 2.08. The Kier molecular flexibility index (Phi) is 3.39. The van der Waals surface area contributed by atoms with Gasteiger partial charge in [-0.25, -0.2) is 4.98 Å². The van der Waals surface area contributed by atoms with Gasteiger partial charge in [-0.1, -0.05) is 10.3 Å². The molecule has 3 heterocycles. The first-order valence-corrected chi connectivity index (χ1v) is 6.52. The second-order valence-electron chi connectivity index (χ2n) is 4.81. The zero-order valence-corrected chi connectivity index (χ0v) is 12.1. The van der Waals surface area contributed by atoms with Crippen molar-refractivity contribution in [3.63, 3.8) is 0 Å². The Morgan fingerprint density at radius 3 is 2.71 bits per heavy atom. The summed E-state index contributed by atoms with van der Waals surface area (Å²) >= 11 is 0. The van der Waals surface area contributed by atoms with Crippen LogP contribution in [0.5, 0.6) is 0 Å². The van der Waals surface area contributed by atoms with Crippen LogP contribution in [0.3, 0.4) is 0 Å². The molecule has 7 heteroatoms. The quantitative estimate of drug-likeness (QED) is 0.727. The molecule has 0 saturated heterocycles. The summed E-state index contributed by atoms with van der Waals surface area (Å²) in [5, 5.41) is 7.81. The minimum Gasteiger partial charge on any atom is -0.361 e. The largest absolute Gasteiger partial charge is 0.361 e. The molecule has 0 bridgehead atoms. The van der Waals surface area contributed by atoms with Gasteiger partial charge < -0.3 is 13.9 Å². The molecule has 0 aromatic carbocycles. The molecule has 0 N–H and O–H groups in total. The van der Waals surface area contributed by atoms with Gasteiger partial charge in [-0.15, -0.1) is 0 Å². The van der Waals surface area contributed by atoms with E-state index in [1.54, 1.807) is 13.1 Å². The van der Waals surface area contributed by atoms with Crippen molar-refractivity contribution in [3.05, 3.63) is 41.7 Å². The van der Waals surface area contributed by atoms with Gasteiger partial charge >= 0.3 is 0 Å². The van der Waals surface area contributed by atoms with E-state index in [4.69, 9.17) is 9.05 Å². The van der Waals surface area contributed by atoms with E-state index in [1.165, 1.54) is 0 Å². The molecule has 0 amide bonds. The first kappa shape index (κ1) is 13.3. The Balaban J connectivity index is 1.91. The SMILES string of the molecule is Cc1noc(-c2cccnc2N(C)Cc2cc(C)on2)n1. The van der Waals surface area contributed by atoms with E-state index in [-0.39, 0.29) is 0 Å². The highest BCUT2D eigenvalue weighted by Gasteiger charge is 2.16. The van der Waals surface area contributed by atoms with Crippen molar-refractivity contribution < 1.29 is 9.05 Å². The van der Waals surface area contributed by atoms with Gasteiger partial charge in [-0.3, -0.25) is 0 Å². The highest BCUT2D eigenvalue weighted by Crippen LogP contribution is 2.27. The van der Waals surface area contributed by atoms with Crippen LogP contribution in [0.25, 0.3) is 11.5 Å². The van der Waals surface area contributed by atoms with E-state index in [0.717, 1.165) is 22.8 Å². The smallest absolute Gasteiger partial charge is 0.261 e. The highest BCUT2D eigenvalue weighted by atomic mass is 16.5. The number of pyridine rings is 1. The van der Waals surface area contributed by atoms with Crippen LogP contribution < -0.4 is 4.90 Å². The van der Waals surface area contributed by atoms with E-state index in [1.807, 2.05) is 37.1 Å². The number of aromatic nitrogens is 4. The first-order valence-electron chi connectivity index (χ1n) is 6.52. The van der Waals surface area contributed by atoms with Crippen LogP contribution in [0, 0.1) is 13.8 Å². The molecule has 0 saturated carbocycles. The van der Waals surface area contributed by atoms with E-state index in [9.17, 15) is 0 Å². The zero-order valence-electron chi connectivity index (χ0n) is 12.1. The van der Waals surface area contributed by atoms with Crippen molar-refractivity contribution in [3.8, 4) is 11.5 Å². The monoisotopic (exact) mass is 285 g/mol. The van der Waals surface area contributed by atoms with Crippen molar-refractivity contribution in [2.45, 2.75) is 20.4 Å². The van der Waals surface area contributed by atoms with Gasteiger partial charge in [0.15, 0.2) is 5.82 Å². The van der Waals surface area contributed by atoms with Crippen LogP contribution in [-0.2, 0) is 6.54 Å². The van der Waals surface area contributed by atoms with Crippen LogP contribution in [0.2, 0.25) is 0 Å². The molecule has 0 radical (unpaired) electrons. The van der Waals surface area contributed by atoms with Crippen molar-refractivity contribution >= 4 is 5.82 Å². The summed E-state index contributed by atoms with van der Waals surface area (Å²) < 4.78 is 10.3. The van der Waals surface area contributed by atoms with Crippen LogP contribution in [0.15, 0.2) is 33.4 Å². The molecular weight excluding hydrogens is 270 g/mol. The van der Waals surface area contributed by atoms with Crippen molar-refractivity contribution in [1.82, 2.24) is 20.3 Å². The lowest BCUT2D eigenvalue weighted by Gasteiger charge is -2.18. The fraction of sp³-hybridized carbons (Fsp3) is 0.286. The zero-order chi connectivity index (χ0) is 14.8. The summed E-state index contributed by atoms with van der Waals surface area (Å²) in [7, 11) is 1.93. The number of hydrogen-bond acceptors (Lipinski definition) is 7. The normalized spacial score (nSPS) is 10.8. The van der Waals surface area contributed by atoms with Crippen molar-refractivity contribution in [2.24, 2.45) is 0 Å². The van der Waals surface area contributed by atoms with Gasteiger partial charge in [0.2, 0.25) is 0 Å². The average Bonchev–Trinajstić information content (AvgIpc) is 3.07. The minimum absolute atomic E-state index is 0.457. The third-order valence-electron chi connectivity index (χ3n) is 2.98. The molecule has 3 aromatic rings. The summed E-state index contributed by atoms with van der Waals surface area (Å²) in [6.07, 6.45) is 1.73. The summed E-state index contributed by atoms with van der Waals surface area (Å²) in [5.74, 6) is 2.59. The number of rotatable bonds is 4. The molecular formula is C14H15N5O2. The van der Waals surface area contributed by atoms with Crippen LogP contribution >= 0.6 is 0 Å². The molecule has 0 unspecified atom stereocenters. The van der Waals surface area contributed by atoms with Crippen LogP contribution in [0.4, 0.5) is 5.82 Å². The van der Waals surface area contributed by atoms with Gasteiger partial charge in [-0.2, -0.15) is 4.98 Å². The average molecular weight is 285 g/mol. The summed E-state index contributed by atoms with van der Waals surface area (Å²) in [4.78, 5) is 10.6. The Morgan fingerprint density at radius 1 is 1.19 bits per heavy atom. The number of nitrogens with zero attached hydrogens (tertiary/aromatic N) is 5. The van der Waals surface area contributed by atoms with Gasteiger partial charge in [0, 0.05) is 19.3 Å². The van der Waals surface area contributed by atoms with E-state index < -0.39 is 0 Å². The van der Waals surface area contributed by atoms with E-state index in [0.29, 0.717) is 18.3 Å². The molecule has 7 nitrogen and oxygen atoms in total. The van der Waals surface area contributed by atoms with E-state index in [2.05, 4.69) is 20.3 Å². The molecule has 3 rings (SSSR count). The molecule has 21 heavy (non-hydrogen) atoms. The van der Waals surface area contributed by atoms with Crippen LogP contribution in [-0.4, -0.2) is 27.3 Å². The molecule has 0 aliphatic heterocycles. The van der Waals surface area contributed by atoms with Gasteiger partial charge in [0.25, 0.3) is 5.89 Å². The topological polar surface area (TPSA) is 81.1 Å². The lowest BCUT2D eigenvalue weighted by molar-refractivity contribution is 0.390. The molecule has 3 aromatic heterocycles. The third-order valence-corrected chi connectivity index (χ3v) is 2.98. The summed E-state index contributed by atoms with van der Waals surface area (Å²) in [6, 6.07) is 5.64. The second kappa shape index (κ2) is 5.35. The maximum Gasteiger partial charge on any atom is 0.261 e. The summed E-state index contributed by atoms with van der Waals surface area (Å²) in [6.45, 7) is 4.23. The fourth-order valence-electron chi connectivity index (χ4n) is 2.08. The first-order chi connectivity index (χ1) is 10.1. The van der Waals surface area contributed by atoms with Crippen LogP contribution in [0.1, 0.15) is 17.3 Å². The highest BCUT2D eigenvalue weighted by molar-refractivity contribution is 5.69. The Hall–Kier alpha value is -2.70. The van der Waals surface area contributed by atoms with Crippen molar-refractivity contribution in [1.29, 1.82) is 0 Å². The Morgan fingerprint density at radius 2 is 2.05 bits per heavy atom. The number of aryl methyl sites for hydroxylation is 2. The molecule has 0 aliphatic rings. The Bertz CT molecular complexity index is 749. The van der Waals surface area contributed by atoms with Gasteiger partial charge in [0.1, 0.15) is 17.3 Å². The molecule has 0 aliphatic carbocycles. The molecule has 108 valence electrons. The summed E-state index contributed by atoms with van der Waals surface area (Å²) in [5.41, 5.74) is 1.63. The van der Waals surface area contributed by atoms with Gasteiger partial charge in [-0.05, 0) is 26.0 Å². The lowest BCUT2D eigenvalue weighted by atomic mass is 10.2. The molecule has 0 atom stereocenters. The third kappa shape index (κ3) is 2.76. The number of anilines is 1. The maximum atomic E-state index is 5.23. The number of hydrogen-bond donors (Lipinski definition) is 0. The predicted octanol–water partition coefficient (Wildman–Crippen LogP) is 2.37. The molecule has 0 fully saturated rings. The maximum absolute atomic E-state index is 5.23. The second-order valence-corrected chi connectivity index (χ2v) is 4.81. The molecule has 0 spiro atoms. The minimum atomic E-state index is 0.457. The van der Waals surface area contributed by atoms with Gasteiger partial charge in [0.05, 0.1) is 12.1 Å². The Labute approximate surface area is 121 Å². The van der Waals surface area contributed by atoms with E-state index >= 15 is 0 Å². The standard InChI is InChI=1S/C14H15N5O2/c1-9-7-11(18-20-9)8-19(3)13-12(5-4-6-15-13)14-16-10(2)17-21-14/h4-7H,8H2,1-3H3. The van der Waals surface area contributed by atoms with Crippen molar-refractivity contribution in [2.75, 3.05) is 11.9 Å². The predicted molar refractivity (Wildman–Crippen MR) is 75.6 cm³/mol.